The van der Waals surface area contributed by atoms with Crippen molar-refractivity contribution in [2.45, 2.75) is 13.8 Å². The molecule has 2 nitrogen and oxygen atoms in total. The molecule has 1 aromatic rings. The Morgan fingerprint density at radius 1 is 1.40 bits per heavy atom. The van der Waals surface area contributed by atoms with Gasteiger partial charge in [-0.05, 0) is 32.0 Å². The summed E-state index contributed by atoms with van der Waals surface area (Å²) in [6.07, 6.45) is 0. The van der Waals surface area contributed by atoms with Crippen molar-refractivity contribution in [3.05, 3.63) is 28.8 Å². The number of halogens is 1. The second-order valence-electron chi connectivity index (χ2n) is 3.20. The molecule has 1 aromatic carbocycles. The summed E-state index contributed by atoms with van der Waals surface area (Å²) in [5.74, 6) is 0. The number of hydrogen-bond acceptors (Lipinski definition) is 2. The molecule has 0 saturated carbocycles. The van der Waals surface area contributed by atoms with E-state index in [1.807, 2.05) is 18.2 Å². The summed E-state index contributed by atoms with van der Waals surface area (Å²) >= 11 is 10.9. The molecule has 1 rings (SSSR count). The van der Waals surface area contributed by atoms with E-state index in [1.54, 1.807) is 0 Å². The van der Waals surface area contributed by atoms with Crippen LogP contribution in [0.1, 0.15) is 19.4 Å². The van der Waals surface area contributed by atoms with Gasteiger partial charge < -0.3 is 10.6 Å². The molecule has 2 N–H and O–H groups in total. The van der Waals surface area contributed by atoms with Gasteiger partial charge in [0.25, 0.3) is 0 Å². The molecule has 0 radical (unpaired) electrons. The molecular formula is C11H15ClN2S. The van der Waals surface area contributed by atoms with Crippen LogP contribution in [0.5, 0.6) is 0 Å². The summed E-state index contributed by atoms with van der Waals surface area (Å²) < 4.78 is 0. The van der Waals surface area contributed by atoms with Gasteiger partial charge in [-0.1, -0.05) is 23.8 Å². The molecule has 0 bridgehead atoms. The summed E-state index contributed by atoms with van der Waals surface area (Å²) in [6.45, 7) is 6.05. The maximum Gasteiger partial charge on any atom is 0.106 e. The average molecular weight is 243 g/mol. The van der Waals surface area contributed by atoms with Crippen LogP contribution in [0.25, 0.3) is 0 Å². The van der Waals surface area contributed by atoms with Crippen LogP contribution in [0.2, 0.25) is 5.02 Å². The fraction of sp³-hybridized carbons (Fsp3) is 0.364. The molecule has 0 amide bonds. The van der Waals surface area contributed by atoms with Gasteiger partial charge >= 0.3 is 0 Å². The van der Waals surface area contributed by atoms with Crippen LogP contribution in [0.4, 0.5) is 5.69 Å². The summed E-state index contributed by atoms with van der Waals surface area (Å²) in [5, 5.41) is 0.661. The summed E-state index contributed by atoms with van der Waals surface area (Å²) in [7, 11) is 0. The smallest absolute Gasteiger partial charge is 0.106 e. The van der Waals surface area contributed by atoms with E-state index in [0.29, 0.717) is 10.0 Å². The molecule has 0 atom stereocenters. The Hall–Kier alpha value is -0.800. The molecule has 0 spiro atoms. The number of nitrogens with two attached hydrogens (primary N) is 1. The Balaban J connectivity index is 3.21. The fourth-order valence-electron chi connectivity index (χ4n) is 1.55. The Morgan fingerprint density at radius 2 is 2.00 bits per heavy atom. The largest absolute Gasteiger partial charge is 0.389 e. The van der Waals surface area contributed by atoms with Crippen LogP contribution in [0.15, 0.2) is 18.2 Å². The molecule has 0 aliphatic heterocycles. The van der Waals surface area contributed by atoms with Gasteiger partial charge in [-0.25, -0.2) is 0 Å². The number of anilines is 1. The van der Waals surface area contributed by atoms with Crippen molar-refractivity contribution in [3.63, 3.8) is 0 Å². The number of thiocarbonyl (C=S) groups is 1. The monoisotopic (exact) mass is 242 g/mol. The second-order valence-corrected chi connectivity index (χ2v) is 4.07. The standard InChI is InChI=1S/C11H15ClN2S/c1-3-14(4-2)10-6-5-8(12)7-9(10)11(13)15/h5-7H,3-4H2,1-2H3,(H2,13,15). The first-order valence-corrected chi connectivity index (χ1v) is 5.73. The summed E-state index contributed by atoms with van der Waals surface area (Å²) in [4.78, 5) is 2.59. The van der Waals surface area contributed by atoms with Crippen LogP contribution in [0.3, 0.4) is 0 Å². The van der Waals surface area contributed by atoms with Gasteiger partial charge in [0.1, 0.15) is 4.99 Å². The maximum absolute atomic E-state index is 5.92. The molecule has 0 heterocycles. The minimum atomic E-state index is 0.388. The molecular weight excluding hydrogens is 228 g/mol. The predicted octanol–water partition coefficient (Wildman–Crippen LogP) is 2.82. The fourth-order valence-corrected chi connectivity index (χ4v) is 1.88. The average Bonchev–Trinajstić information content (AvgIpc) is 2.21. The van der Waals surface area contributed by atoms with E-state index >= 15 is 0 Å². The van der Waals surface area contributed by atoms with E-state index in [0.717, 1.165) is 24.3 Å². The van der Waals surface area contributed by atoms with E-state index in [-0.39, 0.29) is 0 Å². The SMILES string of the molecule is CCN(CC)c1ccc(Cl)cc1C(N)=S. The third-order valence-corrected chi connectivity index (χ3v) is 2.78. The van der Waals surface area contributed by atoms with E-state index in [2.05, 4.69) is 18.7 Å². The van der Waals surface area contributed by atoms with Crippen LogP contribution in [0, 0.1) is 0 Å². The molecule has 15 heavy (non-hydrogen) atoms. The molecule has 0 aliphatic rings. The van der Waals surface area contributed by atoms with Crippen LogP contribution < -0.4 is 10.6 Å². The van der Waals surface area contributed by atoms with Crippen molar-refractivity contribution in [2.75, 3.05) is 18.0 Å². The lowest BCUT2D eigenvalue weighted by molar-refractivity contribution is 0.865. The number of rotatable bonds is 4. The van der Waals surface area contributed by atoms with Crippen molar-refractivity contribution in [1.29, 1.82) is 0 Å². The zero-order valence-corrected chi connectivity index (χ0v) is 10.5. The van der Waals surface area contributed by atoms with Crippen LogP contribution >= 0.6 is 23.8 Å². The van der Waals surface area contributed by atoms with Crippen molar-refractivity contribution >= 4 is 34.5 Å². The topological polar surface area (TPSA) is 29.3 Å². The molecule has 0 saturated heterocycles. The number of benzene rings is 1. The van der Waals surface area contributed by atoms with Gasteiger partial charge in [0.15, 0.2) is 0 Å². The second kappa shape index (κ2) is 5.33. The van der Waals surface area contributed by atoms with E-state index < -0.39 is 0 Å². The van der Waals surface area contributed by atoms with Gasteiger partial charge in [-0.3, -0.25) is 0 Å². The van der Waals surface area contributed by atoms with Crippen molar-refractivity contribution in [3.8, 4) is 0 Å². The Morgan fingerprint density at radius 3 is 2.47 bits per heavy atom. The maximum atomic E-state index is 5.92. The van der Waals surface area contributed by atoms with Crippen molar-refractivity contribution in [2.24, 2.45) is 5.73 Å². The third kappa shape index (κ3) is 2.83. The van der Waals surface area contributed by atoms with Gasteiger partial charge in [0, 0.05) is 29.4 Å². The highest BCUT2D eigenvalue weighted by atomic mass is 35.5. The van der Waals surface area contributed by atoms with Crippen LogP contribution in [-0.4, -0.2) is 18.1 Å². The highest BCUT2D eigenvalue weighted by molar-refractivity contribution is 7.80. The minimum absolute atomic E-state index is 0.388. The Labute approximate surface area is 101 Å². The zero-order chi connectivity index (χ0) is 11.4. The van der Waals surface area contributed by atoms with Crippen molar-refractivity contribution in [1.82, 2.24) is 0 Å². The lowest BCUT2D eigenvalue weighted by atomic mass is 10.1. The molecule has 0 unspecified atom stereocenters. The summed E-state index contributed by atoms with van der Waals surface area (Å²) in [5.41, 5.74) is 7.58. The van der Waals surface area contributed by atoms with Gasteiger partial charge in [0.2, 0.25) is 0 Å². The first-order chi connectivity index (χ1) is 7.10. The van der Waals surface area contributed by atoms with E-state index in [1.165, 1.54) is 0 Å². The van der Waals surface area contributed by atoms with Gasteiger partial charge in [0.05, 0.1) is 0 Å². The zero-order valence-electron chi connectivity index (χ0n) is 8.96. The number of nitrogens with zero attached hydrogens (tertiary/aromatic N) is 1. The molecule has 0 fully saturated rings. The lowest BCUT2D eigenvalue weighted by Crippen LogP contribution is -2.25. The highest BCUT2D eigenvalue weighted by Gasteiger charge is 2.10. The normalized spacial score (nSPS) is 10.1. The number of hydrogen-bond donors (Lipinski definition) is 1. The molecule has 82 valence electrons. The molecule has 0 aromatic heterocycles. The van der Waals surface area contributed by atoms with Crippen LogP contribution in [-0.2, 0) is 0 Å². The third-order valence-electron chi connectivity index (χ3n) is 2.33. The predicted molar refractivity (Wildman–Crippen MR) is 70.9 cm³/mol. The summed E-state index contributed by atoms with van der Waals surface area (Å²) in [6, 6.07) is 5.64. The first kappa shape index (κ1) is 12.3. The Kier molecular flexibility index (Phi) is 4.36. The first-order valence-electron chi connectivity index (χ1n) is 4.94. The highest BCUT2D eigenvalue weighted by Crippen LogP contribution is 2.24. The minimum Gasteiger partial charge on any atom is -0.389 e. The quantitative estimate of drug-likeness (QED) is 0.824. The Bertz CT molecular complexity index is 362. The molecule has 0 aliphatic carbocycles. The van der Waals surface area contributed by atoms with E-state index in [9.17, 15) is 0 Å². The van der Waals surface area contributed by atoms with Gasteiger partial charge in [-0.15, -0.1) is 0 Å². The lowest BCUT2D eigenvalue weighted by Gasteiger charge is -2.23. The van der Waals surface area contributed by atoms with E-state index in [4.69, 9.17) is 29.6 Å². The van der Waals surface area contributed by atoms with Gasteiger partial charge in [-0.2, -0.15) is 0 Å². The molecule has 4 heteroatoms. The van der Waals surface area contributed by atoms with Crippen molar-refractivity contribution < 1.29 is 0 Å².